The zero-order valence-corrected chi connectivity index (χ0v) is 8.56. The first-order valence-electron chi connectivity index (χ1n) is 4.01. The van der Waals surface area contributed by atoms with Gasteiger partial charge in [-0.3, -0.25) is 14.9 Å². The van der Waals surface area contributed by atoms with Gasteiger partial charge in [0.25, 0.3) is 0 Å². The highest BCUT2D eigenvalue weighted by Gasteiger charge is 2.34. The number of para-hydroxylation sites is 1. The second kappa shape index (κ2) is 4.81. The van der Waals surface area contributed by atoms with Crippen molar-refractivity contribution >= 4 is 16.8 Å². The molecule has 0 saturated heterocycles. The molecule has 1 rings (SSSR count). The number of hydrogen-bond donors (Lipinski definition) is 2. The highest BCUT2D eigenvalue weighted by Crippen LogP contribution is 2.36. The van der Waals surface area contributed by atoms with E-state index in [0.29, 0.717) is 0 Å². The maximum Gasteiger partial charge on any atom is 0.418 e. The molecule has 0 saturated carbocycles. The molecule has 1 aromatic carbocycles. The van der Waals surface area contributed by atoms with E-state index in [-0.39, 0.29) is 5.56 Å². The Kier molecular flexibility index (Phi) is 3.89. The molecule has 2 N–H and O–H groups in total. The minimum absolute atomic E-state index is 0.148. The largest absolute Gasteiger partial charge is 0.772 e. The fourth-order valence-electron chi connectivity index (χ4n) is 1.22. The summed E-state index contributed by atoms with van der Waals surface area (Å²) in [5, 5.41) is 8.62. The Morgan fingerprint density at radius 2 is 2.06 bits per heavy atom. The van der Waals surface area contributed by atoms with Gasteiger partial charge in [-0.25, -0.2) is 0 Å². The van der Waals surface area contributed by atoms with E-state index in [0.717, 1.165) is 12.1 Å². The van der Waals surface area contributed by atoms with E-state index in [1.165, 1.54) is 11.5 Å². The van der Waals surface area contributed by atoms with E-state index < -0.39 is 34.3 Å². The standard InChI is InChI=1S/C8H8F3NO3S/c9-8(10,11)6-3-1-2-5(4-16(14)15)7(6)12-13/h1-3,12-13H,4H2,(H,14,15)/p-1. The number of halogens is 3. The first-order chi connectivity index (χ1) is 7.36. The summed E-state index contributed by atoms with van der Waals surface area (Å²) < 4.78 is 58.2. The van der Waals surface area contributed by atoms with Crippen molar-refractivity contribution < 1.29 is 27.1 Å². The fourth-order valence-corrected chi connectivity index (χ4v) is 1.71. The third kappa shape index (κ3) is 2.94. The molecule has 8 heteroatoms. The van der Waals surface area contributed by atoms with Crippen molar-refractivity contribution in [2.24, 2.45) is 0 Å². The fraction of sp³-hybridized carbons (Fsp3) is 0.250. The first-order valence-corrected chi connectivity index (χ1v) is 5.25. The van der Waals surface area contributed by atoms with Gasteiger partial charge in [-0.2, -0.15) is 13.2 Å². The minimum Gasteiger partial charge on any atom is -0.772 e. The summed E-state index contributed by atoms with van der Waals surface area (Å²) in [6.07, 6.45) is -4.66. The van der Waals surface area contributed by atoms with Crippen molar-refractivity contribution in [2.45, 2.75) is 11.9 Å². The second-order valence-corrected chi connectivity index (χ2v) is 3.79. The van der Waals surface area contributed by atoms with Crippen LogP contribution in [0.5, 0.6) is 0 Å². The van der Waals surface area contributed by atoms with Gasteiger partial charge in [0.2, 0.25) is 0 Å². The van der Waals surface area contributed by atoms with E-state index in [9.17, 15) is 21.9 Å². The van der Waals surface area contributed by atoms with Gasteiger partial charge in [0.1, 0.15) is 0 Å². The van der Waals surface area contributed by atoms with E-state index in [1.54, 1.807) is 0 Å². The number of anilines is 1. The molecule has 0 aliphatic carbocycles. The average Bonchev–Trinajstić information content (AvgIpc) is 2.15. The van der Waals surface area contributed by atoms with Gasteiger partial charge in [0.05, 0.1) is 11.3 Å². The molecular weight excluding hydrogens is 247 g/mol. The lowest BCUT2D eigenvalue weighted by Gasteiger charge is -2.16. The summed E-state index contributed by atoms with van der Waals surface area (Å²) >= 11 is -2.53. The van der Waals surface area contributed by atoms with Crippen LogP contribution in [0.1, 0.15) is 11.1 Å². The molecule has 0 heterocycles. The van der Waals surface area contributed by atoms with Crippen molar-refractivity contribution in [1.82, 2.24) is 0 Å². The predicted molar refractivity (Wildman–Crippen MR) is 49.5 cm³/mol. The van der Waals surface area contributed by atoms with Crippen molar-refractivity contribution in [3.05, 3.63) is 29.3 Å². The van der Waals surface area contributed by atoms with Crippen molar-refractivity contribution in [1.29, 1.82) is 0 Å². The number of hydrogen-bond acceptors (Lipinski definition) is 4. The van der Waals surface area contributed by atoms with Gasteiger partial charge in [-0.05, 0) is 11.6 Å². The number of benzene rings is 1. The molecule has 90 valence electrons. The summed E-state index contributed by atoms with van der Waals surface area (Å²) in [5.41, 5.74) is -0.517. The van der Waals surface area contributed by atoms with Crippen LogP contribution in [0.3, 0.4) is 0 Å². The third-order valence-corrected chi connectivity index (χ3v) is 2.39. The normalized spacial score (nSPS) is 13.6. The molecule has 4 nitrogen and oxygen atoms in total. The Morgan fingerprint density at radius 1 is 1.44 bits per heavy atom. The Morgan fingerprint density at radius 3 is 2.50 bits per heavy atom. The topological polar surface area (TPSA) is 72.4 Å². The van der Waals surface area contributed by atoms with E-state index in [4.69, 9.17) is 5.21 Å². The Hall–Kier alpha value is -1.12. The van der Waals surface area contributed by atoms with Crippen LogP contribution in [-0.2, 0) is 23.0 Å². The van der Waals surface area contributed by atoms with E-state index in [2.05, 4.69) is 0 Å². The highest BCUT2D eigenvalue weighted by molar-refractivity contribution is 7.78. The lowest BCUT2D eigenvalue weighted by molar-refractivity contribution is -0.137. The Bertz CT molecular complexity index is 408. The highest BCUT2D eigenvalue weighted by atomic mass is 32.2. The SMILES string of the molecule is O=S([O-])Cc1cccc(C(F)(F)F)c1NO. The van der Waals surface area contributed by atoms with Crippen LogP contribution in [0.4, 0.5) is 18.9 Å². The molecular formula is C8H7F3NO3S-. The summed E-state index contributed by atoms with van der Waals surface area (Å²) in [6.45, 7) is 0. The molecule has 1 unspecified atom stereocenters. The van der Waals surface area contributed by atoms with Gasteiger partial charge in [0.15, 0.2) is 0 Å². The molecule has 1 aromatic rings. The van der Waals surface area contributed by atoms with E-state index >= 15 is 0 Å². The zero-order valence-electron chi connectivity index (χ0n) is 7.75. The molecule has 0 aliphatic heterocycles. The summed E-state index contributed by atoms with van der Waals surface area (Å²) in [4.78, 5) is 0. The van der Waals surface area contributed by atoms with Gasteiger partial charge in [-0.1, -0.05) is 23.2 Å². The summed E-state index contributed by atoms with van der Waals surface area (Å²) in [7, 11) is 0. The maximum atomic E-state index is 12.4. The van der Waals surface area contributed by atoms with Crippen LogP contribution in [0.25, 0.3) is 0 Å². The van der Waals surface area contributed by atoms with Crippen LogP contribution in [0.2, 0.25) is 0 Å². The van der Waals surface area contributed by atoms with Crippen LogP contribution in [-0.4, -0.2) is 14.0 Å². The molecule has 0 aliphatic rings. The maximum absolute atomic E-state index is 12.4. The molecule has 0 fully saturated rings. The molecule has 0 aromatic heterocycles. The summed E-state index contributed by atoms with van der Waals surface area (Å²) in [5.74, 6) is -0.604. The number of rotatable bonds is 3. The first kappa shape index (κ1) is 12.9. The van der Waals surface area contributed by atoms with Crippen LogP contribution in [0, 0.1) is 0 Å². The Labute approximate surface area is 91.3 Å². The van der Waals surface area contributed by atoms with Crippen molar-refractivity contribution in [3.8, 4) is 0 Å². The summed E-state index contributed by atoms with van der Waals surface area (Å²) in [6, 6.07) is 3.01. The average molecular weight is 254 g/mol. The molecule has 1 atom stereocenters. The molecule has 16 heavy (non-hydrogen) atoms. The molecule has 0 amide bonds. The molecule has 0 spiro atoms. The van der Waals surface area contributed by atoms with Crippen molar-refractivity contribution in [2.75, 3.05) is 5.48 Å². The lowest BCUT2D eigenvalue weighted by Crippen LogP contribution is -2.11. The van der Waals surface area contributed by atoms with Crippen LogP contribution >= 0.6 is 0 Å². The predicted octanol–water partition coefficient (Wildman–Crippen LogP) is 1.89. The van der Waals surface area contributed by atoms with Gasteiger partial charge in [-0.15, -0.1) is 0 Å². The smallest absolute Gasteiger partial charge is 0.418 e. The van der Waals surface area contributed by atoms with Gasteiger partial charge < -0.3 is 4.55 Å². The second-order valence-electron chi connectivity index (χ2n) is 2.90. The third-order valence-electron chi connectivity index (χ3n) is 1.84. The van der Waals surface area contributed by atoms with Gasteiger partial charge in [0, 0.05) is 5.75 Å². The number of nitrogens with one attached hydrogen (secondary N) is 1. The Balaban J connectivity index is 3.26. The van der Waals surface area contributed by atoms with Crippen LogP contribution in [0.15, 0.2) is 18.2 Å². The van der Waals surface area contributed by atoms with Gasteiger partial charge >= 0.3 is 6.18 Å². The quantitative estimate of drug-likeness (QED) is 0.638. The lowest BCUT2D eigenvalue weighted by atomic mass is 10.1. The minimum atomic E-state index is -4.66. The number of alkyl halides is 3. The monoisotopic (exact) mass is 254 g/mol. The van der Waals surface area contributed by atoms with E-state index in [1.807, 2.05) is 0 Å². The molecule has 0 bridgehead atoms. The van der Waals surface area contributed by atoms with Crippen molar-refractivity contribution in [3.63, 3.8) is 0 Å². The molecule has 0 radical (unpaired) electrons. The zero-order chi connectivity index (χ0) is 12.3. The van der Waals surface area contributed by atoms with Crippen LogP contribution < -0.4 is 5.48 Å².